The molecule has 1 aliphatic heterocycles. The van der Waals surface area contributed by atoms with Gasteiger partial charge in [0.25, 0.3) is 0 Å². The van der Waals surface area contributed by atoms with E-state index in [1.807, 2.05) is 0 Å². The summed E-state index contributed by atoms with van der Waals surface area (Å²) in [5.74, 6) is 0.0932. The van der Waals surface area contributed by atoms with Crippen LogP contribution in [0, 0.1) is 12.7 Å². The summed E-state index contributed by atoms with van der Waals surface area (Å²) in [6.07, 6.45) is 6.90. The summed E-state index contributed by atoms with van der Waals surface area (Å²) in [6.45, 7) is 6.10. The smallest absolute Gasteiger partial charge is 0.199 e. The maximum absolute atomic E-state index is 15.1. The molecule has 2 heterocycles. The lowest BCUT2D eigenvalue weighted by Crippen LogP contribution is -2.38. The molecule has 5 nitrogen and oxygen atoms in total. The van der Waals surface area contributed by atoms with E-state index in [-0.39, 0.29) is 22.3 Å². The van der Waals surface area contributed by atoms with Crippen molar-refractivity contribution >= 4 is 11.0 Å². The van der Waals surface area contributed by atoms with E-state index in [9.17, 15) is 4.79 Å². The fourth-order valence-corrected chi connectivity index (χ4v) is 4.29. The minimum absolute atomic E-state index is 0.0566. The highest BCUT2D eigenvalue weighted by Gasteiger charge is 2.23. The Balaban J connectivity index is 1.56. The number of benzene rings is 1. The molecule has 1 aliphatic carbocycles. The zero-order valence-electron chi connectivity index (χ0n) is 16.5. The Labute approximate surface area is 164 Å². The maximum atomic E-state index is 15.1. The minimum Gasteiger partial charge on any atom is -0.492 e. The Morgan fingerprint density at radius 3 is 2.71 bits per heavy atom. The SMILES string of the molecule is Cc1c(OCCN2CCOCC2)cc2occ(C3CCCCC3)c(=O)c2c1F. The van der Waals surface area contributed by atoms with Crippen LogP contribution in [0.3, 0.4) is 0 Å². The second-order valence-electron chi connectivity index (χ2n) is 7.84. The van der Waals surface area contributed by atoms with Gasteiger partial charge < -0.3 is 13.9 Å². The summed E-state index contributed by atoms with van der Waals surface area (Å²) in [7, 11) is 0. The van der Waals surface area contributed by atoms with Crippen LogP contribution in [0.1, 0.15) is 49.1 Å². The molecular formula is C22H28FNO4. The van der Waals surface area contributed by atoms with Crippen LogP contribution in [0.15, 0.2) is 21.5 Å². The van der Waals surface area contributed by atoms with Gasteiger partial charge in [-0.3, -0.25) is 9.69 Å². The zero-order chi connectivity index (χ0) is 19.5. The molecule has 2 fully saturated rings. The van der Waals surface area contributed by atoms with E-state index in [1.165, 1.54) is 12.7 Å². The van der Waals surface area contributed by atoms with E-state index in [4.69, 9.17) is 13.9 Å². The van der Waals surface area contributed by atoms with Gasteiger partial charge >= 0.3 is 0 Å². The van der Waals surface area contributed by atoms with Crippen molar-refractivity contribution in [3.05, 3.63) is 39.5 Å². The quantitative estimate of drug-likeness (QED) is 0.774. The highest BCUT2D eigenvalue weighted by Crippen LogP contribution is 2.33. The van der Waals surface area contributed by atoms with Crippen molar-refractivity contribution in [2.45, 2.75) is 44.9 Å². The van der Waals surface area contributed by atoms with Gasteiger partial charge in [0, 0.05) is 36.8 Å². The molecule has 152 valence electrons. The number of halogens is 1. The number of nitrogens with zero attached hydrogens (tertiary/aromatic N) is 1. The predicted molar refractivity (Wildman–Crippen MR) is 106 cm³/mol. The molecule has 1 saturated carbocycles. The second-order valence-corrected chi connectivity index (χ2v) is 7.84. The highest BCUT2D eigenvalue weighted by atomic mass is 19.1. The summed E-state index contributed by atoms with van der Waals surface area (Å²) in [4.78, 5) is 15.2. The molecule has 0 amide bonds. The van der Waals surface area contributed by atoms with Crippen LogP contribution >= 0.6 is 0 Å². The van der Waals surface area contributed by atoms with Crippen LogP contribution in [0.4, 0.5) is 4.39 Å². The first-order valence-corrected chi connectivity index (χ1v) is 10.3. The Morgan fingerprint density at radius 2 is 1.96 bits per heavy atom. The van der Waals surface area contributed by atoms with Gasteiger partial charge in [0.15, 0.2) is 5.43 Å². The zero-order valence-corrected chi connectivity index (χ0v) is 16.5. The van der Waals surface area contributed by atoms with E-state index >= 15 is 4.39 Å². The highest BCUT2D eigenvalue weighted by molar-refractivity contribution is 5.80. The van der Waals surface area contributed by atoms with E-state index < -0.39 is 5.82 Å². The van der Waals surface area contributed by atoms with E-state index in [0.717, 1.165) is 58.5 Å². The molecule has 28 heavy (non-hydrogen) atoms. The summed E-state index contributed by atoms with van der Waals surface area (Å²) < 4.78 is 32.0. The van der Waals surface area contributed by atoms with Crippen molar-refractivity contribution in [1.82, 2.24) is 4.90 Å². The van der Waals surface area contributed by atoms with Crippen molar-refractivity contribution in [1.29, 1.82) is 0 Å². The molecule has 4 rings (SSSR count). The van der Waals surface area contributed by atoms with E-state index in [2.05, 4.69) is 4.90 Å². The molecule has 2 aromatic rings. The summed E-state index contributed by atoms with van der Waals surface area (Å²) in [5.41, 5.74) is 1.01. The molecule has 0 spiro atoms. The second kappa shape index (κ2) is 8.62. The number of hydrogen-bond acceptors (Lipinski definition) is 5. The van der Waals surface area contributed by atoms with Crippen molar-refractivity contribution < 1.29 is 18.3 Å². The van der Waals surface area contributed by atoms with Crippen LogP contribution in [0.5, 0.6) is 5.75 Å². The molecule has 0 radical (unpaired) electrons. The molecule has 0 atom stereocenters. The fraction of sp³-hybridized carbons (Fsp3) is 0.591. The lowest BCUT2D eigenvalue weighted by Gasteiger charge is -2.26. The third-order valence-electron chi connectivity index (χ3n) is 6.04. The monoisotopic (exact) mass is 389 g/mol. The Bertz CT molecular complexity index is 882. The molecule has 1 saturated heterocycles. The first kappa shape index (κ1) is 19.4. The molecule has 1 aromatic carbocycles. The van der Waals surface area contributed by atoms with Gasteiger partial charge in [-0.25, -0.2) is 4.39 Å². The first-order chi connectivity index (χ1) is 13.6. The number of morpholine rings is 1. The van der Waals surface area contributed by atoms with Gasteiger partial charge in [0.05, 0.1) is 19.5 Å². The Morgan fingerprint density at radius 1 is 1.21 bits per heavy atom. The average molecular weight is 389 g/mol. The van der Waals surface area contributed by atoms with Gasteiger partial charge in [-0.05, 0) is 25.7 Å². The fourth-order valence-electron chi connectivity index (χ4n) is 4.29. The van der Waals surface area contributed by atoms with Gasteiger partial charge in [-0.1, -0.05) is 19.3 Å². The third kappa shape index (κ3) is 3.94. The molecule has 0 N–H and O–H groups in total. The van der Waals surface area contributed by atoms with Crippen LogP contribution in [0.2, 0.25) is 0 Å². The van der Waals surface area contributed by atoms with Crippen molar-refractivity contribution in [2.75, 3.05) is 39.5 Å². The summed E-state index contributed by atoms with van der Waals surface area (Å²) >= 11 is 0. The van der Waals surface area contributed by atoms with E-state index in [1.54, 1.807) is 13.0 Å². The van der Waals surface area contributed by atoms with Crippen LogP contribution in [-0.4, -0.2) is 44.4 Å². The lowest BCUT2D eigenvalue weighted by molar-refractivity contribution is 0.0322. The molecule has 1 aromatic heterocycles. The van der Waals surface area contributed by atoms with Gasteiger partial charge in [-0.15, -0.1) is 0 Å². The lowest BCUT2D eigenvalue weighted by atomic mass is 9.84. The number of hydrogen-bond donors (Lipinski definition) is 0. The maximum Gasteiger partial charge on any atom is 0.199 e. The van der Waals surface area contributed by atoms with Crippen molar-refractivity contribution in [3.8, 4) is 5.75 Å². The number of ether oxygens (including phenoxy) is 2. The number of rotatable bonds is 5. The van der Waals surface area contributed by atoms with Gasteiger partial charge in [-0.2, -0.15) is 0 Å². The van der Waals surface area contributed by atoms with Crippen molar-refractivity contribution in [3.63, 3.8) is 0 Å². The molecule has 2 aliphatic rings. The third-order valence-corrected chi connectivity index (χ3v) is 6.04. The molecule has 0 unspecified atom stereocenters. The van der Waals surface area contributed by atoms with Crippen molar-refractivity contribution in [2.24, 2.45) is 0 Å². The normalized spacial score (nSPS) is 19.2. The summed E-state index contributed by atoms with van der Waals surface area (Å²) in [5, 5.41) is 0.0566. The Kier molecular flexibility index (Phi) is 5.97. The largest absolute Gasteiger partial charge is 0.492 e. The topological polar surface area (TPSA) is 51.9 Å². The van der Waals surface area contributed by atoms with Crippen LogP contribution in [-0.2, 0) is 4.74 Å². The predicted octanol–water partition coefficient (Wildman–Crippen LogP) is 4.00. The first-order valence-electron chi connectivity index (χ1n) is 10.3. The number of fused-ring (bicyclic) bond motifs is 1. The molecule has 0 bridgehead atoms. The summed E-state index contributed by atoms with van der Waals surface area (Å²) in [6, 6.07) is 1.65. The van der Waals surface area contributed by atoms with Gasteiger partial charge in [0.2, 0.25) is 0 Å². The van der Waals surface area contributed by atoms with Gasteiger partial charge in [0.1, 0.15) is 29.1 Å². The standard InChI is InChI=1S/C22H28FNO4/c1-15-18(27-12-9-24-7-10-26-11-8-24)13-19-20(21(15)23)22(25)17(14-28-19)16-5-3-2-4-6-16/h13-14,16H,2-12H2,1H3. The molecule has 6 heteroatoms. The van der Waals surface area contributed by atoms with Crippen LogP contribution < -0.4 is 10.2 Å². The van der Waals surface area contributed by atoms with E-state index in [0.29, 0.717) is 23.5 Å². The minimum atomic E-state index is -0.523. The average Bonchev–Trinajstić information content (AvgIpc) is 2.73. The Hall–Kier alpha value is -1.92. The van der Waals surface area contributed by atoms with Crippen LogP contribution in [0.25, 0.3) is 11.0 Å². The molecular weight excluding hydrogens is 361 g/mol.